The molecule has 0 aliphatic carbocycles. The predicted molar refractivity (Wildman–Crippen MR) is 76.4 cm³/mol. The van der Waals surface area contributed by atoms with Crippen molar-refractivity contribution in [2.75, 3.05) is 0 Å². The van der Waals surface area contributed by atoms with Gasteiger partial charge in [0.2, 0.25) is 5.13 Å². The topological polar surface area (TPSA) is 68.0 Å². The van der Waals surface area contributed by atoms with Crippen LogP contribution in [0.25, 0.3) is 16.4 Å². The summed E-state index contributed by atoms with van der Waals surface area (Å²) >= 11 is 1.37. The fourth-order valence-corrected chi connectivity index (χ4v) is 2.70. The van der Waals surface area contributed by atoms with E-state index in [1.54, 1.807) is 6.92 Å². The highest BCUT2D eigenvalue weighted by molar-refractivity contribution is 7.12. The summed E-state index contributed by atoms with van der Waals surface area (Å²) in [6.45, 7) is 1.76. The van der Waals surface area contributed by atoms with Gasteiger partial charge in [-0.3, -0.25) is 0 Å². The number of hydrogen-bond acceptors (Lipinski definition) is 4. The lowest BCUT2D eigenvalue weighted by molar-refractivity contribution is 0.0687. The second kappa shape index (κ2) is 4.90. The van der Waals surface area contributed by atoms with Gasteiger partial charge in [-0.05, 0) is 13.0 Å². The van der Waals surface area contributed by atoms with Crippen LogP contribution in [0.2, 0.25) is 0 Å². The van der Waals surface area contributed by atoms with Crippen molar-refractivity contribution in [1.29, 1.82) is 0 Å². The minimum Gasteiger partial charge on any atom is -0.477 e. The lowest BCUT2D eigenvalue weighted by Gasteiger charge is -1.99. The number of aromatic nitrogens is 3. The number of aryl methyl sites for hydroxylation is 1. The number of benzene rings is 1. The van der Waals surface area contributed by atoms with Crippen LogP contribution >= 0.6 is 11.3 Å². The third-order valence-corrected chi connectivity index (χ3v) is 3.61. The van der Waals surface area contributed by atoms with Crippen molar-refractivity contribution in [2.45, 2.75) is 6.92 Å². The molecule has 0 fully saturated rings. The standard InChI is InChI=1S/C14H11N3O2S/c1-9-7-12(13(18)19)17(16-9)14-15-11(8-20-14)10-5-3-2-4-6-10/h2-8H,1H3,(H,18,19). The third kappa shape index (κ3) is 2.21. The van der Waals surface area contributed by atoms with E-state index < -0.39 is 5.97 Å². The van der Waals surface area contributed by atoms with Gasteiger partial charge in [-0.15, -0.1) is 11.3 Å². The molecule has 2 heterocycles. The highest BCUT2D eigenvalue weighted by Crippen LogP contribution is 2.24. The second-order valence-electron chi connectivity index (χ2n) is 4.27. The van der Waals surface area contributed by atoms with Gasteiger partial charge in [0.1, 0.15) is 0 Å². The first kappa shape index (κ1) is 12.6. The second-order valence-corrected chi connectivity index (χ2v) is 5.11. The van der Waals surface area contributed by atoms with E-state index in [4.69, 9.17) is 0 Å². The largest absolute Gasteiger partial charge is 0.477 e. The Kier molecular flexibility index (Phi) is 3.08. The molecule has 0 unspecified atom stereocenters. The Balaban J connectivity index is 2.05. The number of carboxylic acids is 1. The summed E-state index contributed by atoms with van der Waals surface area (Å²) in [5.41, 5.74) is 2.58. The molecule has 0 amide bonds. The molecule has 1 aromatic carbocycles. The Bertz CT molecular complexity index is 762. The van der Waals surface area contributed by atoms with Crippen LogP contribution in [-0.4, -0.2) is 25.8 Å². The first-order valence-corrected chi connectivity index (χ1v) is 6.84. The minimum absolute atomic E-state index is 0.122. The van der Waals surface area contributed by atoms with Crippen molar-refractivity contribution in [3.8, 4) is 16.4 Å². The highest BCUT2D eigenvalue weighted by Gasteiger charge is 2.16. The number of rotatable bonds is 3. The Morgan fingerprint density at radius 2 is 2.05 bits per heavy atom. The lowest BCUT2D eigenvalue weighted by atomic mass is 10.2. The Morgan fingerprint density at radius 3 is 2.75 bits per heavy atom. The minimum atomic E-state index is -1.01. The van der Waals surface area contributed by atoms with Gasteiger partial charge < -0.3 is 5.11 Å². The lowest BCUT2D eigenvalue weighted by Crippen LogP contribution is -2.07. The van der Waals surface area contributed by atoms with Crippen molar-refractivity contribution in [3.05, 3.63) is 53.2 Å². The van der Waals surface area contributed by atoms with E-state index in [1.165, 1.54) is 22.1 Å². The fourth-order valence-electron chi connectivity index (χ4n) is 1.90. The fraction of sp³-hybridized carbons (Fsp3) is 0.0714. The molecule has 20 heavy (non-hydrogen) atoms. The van der Waals surface area contributed by atoms with Crippen molar-refractivity contribution < 1.29 is 9.90 Å². The van der Waals surface area contributed by atoms with Crippen molar-refractivity contribution in [3.63, 3.8) is 0 Å². The first-order valence-electron chi connectivity index (χ1n) is 5.96. The summed E-state index contributed by atoms with van der Waals surface area (Å²) in [4.78, 5) is 15.7. The van der Waals surface area contributed by atoms with E-state index >= 15 is 0 Å². The van der Waals surface area contributed by atoms with Gasteiger partial charge in [0, 0.05) is 10.9 Å². The van der Waals surface area contributed by atoms with Crippen LogP contribution in [-0.2, 0) is 0 Å². The van der Waals surface area contributed by atoms with E-state index in [1.807, 2.05) is 35.7 Å². The number of carbonyl (C=O) groups is 1. The van der Waals surface area contributed by atoms with Gasteiger partial charge in [-0.25, -0.2) is 9.78 Å². The van der Waals surface area contributed by atoms with E-state index in [-0.39, 0.29) is 5.69 Å². The molecule has 0 aliphatic heterocycles. The summed E-state index contributed by atoms with van der Waals surface area (Å²) < 4.78 is 1.37. The number of carboxylic acid groups (broad SMARTS) is 1. The van der Waals surface area contributed by atoms with Crippen LogP contribution in [0, 0.1) is 6.92 Å². The summed E-state index contributed by atoms with van der Waals surface area (Å²) in [6, 6.07) is 11.3. The Labute approximate surface area is 119 Å². The molecule has 0 saturated carbocycles. The number of aromatic carboxylic acids is 1. The SMILES string of the molecule is Cc1cc(C(=O)O)n(-c2nc(-c3ccccc3)cs2)n1. The maximum Gasteiger partial charge on any atom is 0.354 e. The summed E-state index contributed by atoms with van der Waals surface area (Å²) in [5, 5.41) is 15.8. The number of hydrogen-bond donors (Lipinski definition) is 1. The van der Waals surface area contributed by atoms with E-state index in [0.29, 0.717) is 10.8 Å². The summed E-state index contributed by atoms with van der Waals surface area (Å²) in [5.74, 6) is -1.01. The molecule has 0 atom stereocenters. The molecule has 0 spiro atoms. The number of nitrogens with zero attached hydrogens (tertiary/aromatic N) is 3. The quantitative estimate of drug-likeness (QED) is 0.803. The molecule has 2 aromatic heterocycles. The van der Waals surface area contributed by atoms with Crippen LogP contribution in [0.4, 0.5) is 0 Å². The maximum absolute atomic E-state index is 11.2. The molecule has 5 nitrogen and oxygen atoms in total. The summed E-state index contributed by atoms with van der Waals surface area (Å²) in [6.07, 6.45) is 0. The normalized spacial score (nSPS) is 10.7. The third-order valence-electron chi connectivity index (χ3n) is 2.79. The van der Waals surface area contributed by atoms with Gasteiger partial charge in [-0.1, -0.05) is 30.3 Å². The zero-order valence-corrected chi connectivity index (χ0v) is 11.5. The van der Waals surface area contributed by atoms with Crippen LogP contribution in [0.3, 0.4) is 0 Å². The van der Waals surface area contributed by atoms with Gasteiger partial charge >= 0.3 is 5.97 Å². The summed E-state index contributed by atoms with van der Waals surface area (Å²) in [7, 11) is 0. The van der Waals surface area contributed by atoms with Gasteiger partial charge in [0.05, 0.1) is 11.4 Å². The molecule has 1 N–H and O–H groups in total. The van der Waals surface area contributed by atoms with Gasteiger partial charge in [-0.2, -0.15) is 9.78 Å². The highest BCUT2D eigenvalue weighted by atomic mass is 32.1. The van der Waals surface area contributed by atoms with E-state index in [0.717, 1.165) is 11.3 Å². The van der Waals surface area contributed by atoms with Crippen molar-refractivity contribution >= 4 is 17.3 Å². The van der Waals surface area contributed by atoms with Gasteiger partial charge in [0.25, 0.3) is 0 Å². The van der Waals surface area contributed by atoms with Crippen molar-refractivity contribution in [2.24, 2.45) is 0 Å². The molecule has 0 aliphatic rings. The Morgan fingerprint density at radius 1 is 1.30 bits per heavy atom. The zero-order chi connectivity index (χ0) is 14.1. The van der Waals surface area contributed by atoms with Crippen LogP contribution in [0.15, 0.2) is 41.8 Å². The molecule has 6 heteroatoms. The molecule has 100 valence electrons. The molecule has 3 rings (SSSR count). The smallest absolute Gasteiger partial charge is 0.354 e. The predicted octanol–water partition coefficient (Wildman–Crippen LogP) is 3.00. The molecular weight excluding hydrogens is 274 g/mol. The molecule has 3 aromatic rings. The van der Waals surface area contributed by atoms with E-state index in [9.17, 15) is 9.90 Å². The zero-order valence-electron chi connectivity index (χ0n) is 10.6. The van der Waals surface area contributed by atoms with E-state index in [2.05, 4.69) is 10.1 Å². The van der Waals surface area contributed by atoms with Crippen LogP contribution in [0.1, 0.15) is 16.2 Å². The molecular formula is C14H11N3O2S. The first-order chi connectivity index (χ1) is 9.65. The number of thiazole rings is 1. The van der Waals surface area contributed by atoms with Crippen molar-refractivity contribution in [1.82, 2.24) is 14.8 Å². The molecule has 0 bridgehead atoms. The maximum atomic E-state index is 11.2. The van der Waals surface area contributed by atoms with Gasteiger partial charge in [0.15, 0.2) is 5.69 Å². The molecule has 0 saturated heterocycles. The molecule has 0 radical (unpaired) electrons. The Hall–Kier alpha value is -2.47. The van der Waals surface area contributed by atoms with Crippen LogP contribution < -0.4 is 0 Å². The average molecular weight is 285 g/mol. The van der Waals surface area contributed by atoms with Crippen LogP contribution in [0.5, 0.6) is 0 Å². The monoisotopic (exact) mass is 285 g/mol. The average Bonchev–Trinajstić information content (AvgIpc) is 3.06.